The van der Waals surface area contributed by atoms with Crippen molar-refractivity contribution in [1.29, 1.82) is 0 Å². The van der Waals surface area contributed by atoms with Crippen LogP contribution in [0.15, 0.2) is 18.2 Å². The molecule has 0 unspecified atom stereocenters. The molecule has 0 spiro atoms. The molecule has 2 aromatic rings. The standard InChI is InChI=1S/C10H10ClNOS/c11-4-7-2-9-6(1-8(7)5-13)3-10(12)14-9/h1-3,13H,4-5,12H2. The number of nitrogen functional groups attached to an aromatic ring is 1. The molecule has 0 fully saturated rings. The summed E-state index contributed by atoms with van der Waals surface area (Å²) in [5.41, 5.74) is 7.55. The van der Waals surface area contributed by atoms with Crippen LogP contribution in [0.3, 0.4) is 0 Å². The molecule has 74 valence electrons. The quantitative estimate of drug-likeness (QED) is 0.775. The van der Waals surface area contributed by atoms with Crippen LogP contribution in [0.2, 0.25) is 0 Å². The normalized spacial score (nSPS) is 11.0. The molecule has 0 amide bonds. The smallest absolute Gasteiger partial charge is 0.0868 e. The Hall–Kier alpha value is -0.770. The molecule has 0 aliphatic rings. The minimum Gasteiger partial charge on any atom is -0.392 e. The zero-order valence-corrected chi connectivity index (χ0v) is 9.03. The number of aliphatic hydroxyl groups is 1. The van der Waals surface area contributed by atoms with E-state index in [9.17, 15) is 0 Å². The number of halogens is 1. The van der Waals surface area contributed by atoms with Crippen molar-refractivity contribution in [2.75, 3.05) is 5.73 Å². The molecule has 0 bridgehead atoms. The van der Waals surface area contributed by atoms with Crippen molar-refractivity contribution < 1.29 is 5.11 Å². The van der Waals surface area contributed by atoms with Crippen molar-refractivity contribution in [3.05, 3.63) is 29.3 Å². The molecular weight excluding hydrogens is 218 g/mol. The fourth-order valence-corrected chi connectivity index (χ4v) is 2.59. The lowest BCUT2D eigenvalue weighted by Crippen LogP contribution is -1.90. The van der Waals surface area contributed by atoms with E-state index < -0.39 is 0 Å². The average Bonchev–Trinajstić information content (AvgIpc) is 2.54. The first-order valence-corrected chi connectivity index (χ1v) is 5.57. The van der Waals surface area contributed by atoms with Crippen molar-refractivity contribution in [3.8, 4) is 0 Å². The number of nitrogens with two attached hydrogens (primary N) is 1. The molecule has 3 N–H and O–H groups in total. The van der Waals surface area contributed by atoms with Gasteiger partial charge in [-0.05, 0) is 34.7 Å². The number of hydrogen-bond donors (Lipinski definition) is 2. The highest BCUT2D eigenvalue weighted by Gasteiger charge is 2.05. The first kappa shape index (κ1) is 9.77. The summed E-state index contributed by atoms with van der Waals surface area (Å²) in [5.74, 6) is 0.420. The second-order valence-corrected chi connectivity index (χ2v) is 4.48. The molecule has 0 atom stereocenters. The molecule has 0 aliphatic heterocycles. The third-order valence-corrected chi connectivity index (χ3v) is 3.39. The number of alkyl halides is 1. The highest BCUT2D eigenvalue weighted by Crippen LogP contribution is 2.30. The minimum atomic E-state index is 0.0216. The van der Waals surface area contributed by atoms with Crippen molar-refractivity contribution in [3.63, 3.8) is 0 Å². The molecule has 0 saturated heterocycles. The Labute approximate surface area is 90.9 Å². The SMILES string of the molecule is Nc1cc2cc(CO)c(CCl)cc2s1. The molecule has 0 radical (unpaired) electrons. The van der Waals surface area contributed by atoms with E-state index in [1.54, 1.807) is 0 Å². The van der Waals surface area contributed by atoms with Crippen LogP contribution in [0.25, 0.3) is 10.1 Å². The van der Waals surface area contributed by atoms with Gasteiger partial charge < -0.3 is 10.8 Å². The zero-order chi connectivity index (χ0) is 10.1. The van der Waals surface area contributed by atoms with Gasteiger partial charge in [-0.15, -0.1) is 22.9 Å². The van der Waals surface area contributed by atoms with Gasteiger partial charge in [0.1, 0.15) is 0 Å². The lowest BCUT2D eigenvalue weighted by molar-refractivity contribution is 0.281. The molecular formula is C10H10ClNOS. The van der Waals surface area contributed by atoms with E-state index in [4.69, 9.17) is 22.4 Å². The second kappa shape index (κ2) is 3.77. The Bertz CT molecular complexity index is 425. The van der Waals surface area contributed by atoms with Crippen molar-refractivity contribution in [1.82, 2.24) is 0 Å². The van der Waals surface area contributed by atoms with Crippen molar-refractivity contribution in [2.24, 2.45) is 0 Å². The van der Waals surface area contributed by atoms with Crippen molar-refractivity contribution >= 4 is 38.0 Å². The summed E-state index contributed by atoms with van der Waals surface area (Å²) in [6.07, 6.45) is 0. The summed E-state index contributed by atoms with van der Waals surface area (Å²) in [6, 6.07) is 5.85. The van der Waals surface area contributed by atoms with Crippen LogP contribution in [0.1, 0.15) is 11.1 Å². The second-order valence-electron chi connectivity index (χ2n) is 3.10. The lowest BCUT2D eigenvalue weighted by Gasteiger charge is -2.03. The third-order valence-electron chi connectivity index (χ3n) is 2.17. The van der Waals surface area contributed by atoms with E-state index in [1.165, 1.54) is 11.3 Å². The predicted octanol–water partition coefficient (Wildman–Crippen LogP) is 2.71. The van der Waals surface area contributed by atoms with Gasteiger partial charge in [-0.25, -0.2) is 0 Å². The van der Waals surface area contributed by atoms with Crippen molar-refractivity contribution in [2.45, 2.75) is 12.5 Å². The van der Waals surface area contributed by atoms with Crippen LogP contribution in [-0.4, -0.2) is 5.11 Å². The minimum absolute atomic E-state index is 0.0216. The van der Waals surface area contributed by atoms with Gasteiger partial charge in [0, 0.05) is 10.6 Å². The summed E-state index contributed by atoms with van der Waals surface area (Å²) in [7, 11) is 0. The van der Waals surface area contributed by atoms with Crippen LogP contribution >= 0.6 is 22.9 Å². The molecule has 0 aliphatic carbocycles. The molecule has 1 aromatic carbocycles. The number of anilines is 1. The summed E-state index contributed by atoms with van der Waals surface area (Å²) in [4.78, 5) is 0. The van der Waals surface area contributed by atoms with Gasteiger partial charge in [0.15, 0.2) is 0 Å². The monoisotopic (exact) mass is 227 g/mol. The van der Waals surface area contributed by atoms with Crippen LogP contribution in [-0.2, 0) is 12.5 Å². The first-order valence-electron chi connectivity index (χ1n) is 4.22. The average molecular weight is 228 g/mol. The summed E-state index contributed by atoms with van der Waals surface area (Å²) >= 11 is 7.32. The fraction of sp³-hybridized carbons (Fsp3) is 0.200. The maximum absolute atomic E-state index is 9.13. The van der Waals surface area contributed by atoms with Gasteiger partial charge in [-0.1, -0.05) is 0 Å². The predicted molar refractivity (Wildman–Crippen MR) is 61.7 cm³/mol. The van der Waals surface area contributed by atoms with E-state index in [0.717, 1.165) is 26.2 Å². The topological polar surface area (TPSA) is 46.2 Å². The molecule has 14 heavy (non-hydrogen) atoms. The van der Waals surface area contributed by atoms with E-state index >= 15 is 0 Å². The van der Waals surface area contributed by atoms with Crippen LogP contribution in [0.4, 0.5) is 5.00 Å². The third kappa shape index (κ3) is 1.59. The summed E-state index contributed by atoms with van der Waals surface area (Å²) < 4.78 is 1.12. The summed E-state index contributed by atoms with van der Waals surface area (Å²) in [5, 5.41) is 11.0. The van der Waals surface area contributed by atoms with E-state index in [0.29, 0.717) is 5.88 Å². The highest BCUT2D eigenvalue weighted by atomic mass is 35.5. The number of aliphatic hydroxyl groups excluding tert-OH is 1. The van der Waals surface area contributed by atoms with Gasteiger partial charge in [0.2, 0.25) is 0 Å². The van der Waals surface area contributed by atoms with Gasteiger partial charge in [0.25, 0.3) is 0 Å². The molecule has 1 heterocycles. The molecule has 4 heteroatoms. The van der Waals surface area contributed by atoms with Gasteiger partial charge in [-0.2, -0.15) is 0 Å². The Kier molecular flexibility index (Phi) is 2.63. The van der Waals surface area contributed by atoms with Gasteiger partial charge in [0.05, 0.1) is 11.6 Å². The fourth-order valence-electron chi connectivity index (χ4n) is 1.47. The van der Waals surface area contributed by atoms with Crippen LogP contribution < -0.4 is 5.73 Å². The summed E-state index contributed by atoms with van der Waals surface area (Å²) in [6.45, 7) is 0.0216. The molecule has 2 nitrogen and oxygen atoms in total. The Morgan fingerprint density at radius 2 is 2.07 bits per heavy atom. The number of benzene rings is 1. The lowest BCUT2D eigenvalue weighted by atomic mass is 10.1. The number of hydrogen-bond acceptors (Lipinski definition) is 3. The van der Waals surface area contributed by atoms with Gasteiger partial charge in [-0.3, -0.25) is 0 Å². The first-order chi connectivity index (χ1) is 6.74. The molecule has 2 rings (SSSR count). The van der Waals surface area contributed by atoms with E-state index in [1.807, 2.05) is 18.2 Å². The van der Waals surface area contributed by atoms with E-state index in [-0.39, 0.29) is 6.61 Å². The number of rotatable bonds is 2. The highest BCUT2D eigenvalue weighted by molar-refractivity contribution is 7.22. The molecule has 0 saturated carbocycles. The maximum Gasteiger partial charge on any atom is 0.0868 e. The van der Waals surface area contributed by atoms with Crippen LogP contribution in [0, 0.1) is 0 Å². The molecule has 1 aromatic heterocycles. The number of thiophene rings is 1. The largest absolute Gasteiger partial charge is 0.392 e. The zero-order valence-electron chi connectivity index (χ0n) is 7.46. The van der Waals surface area contributed by atoms with Gasteiger partial charge >= 0.3 is 0 Å². The Morgan fingerprint density at radius 3 is 2.71 bits per heavy atom. The maximum atomic E-state index is 9.13. The van der Waals surface area contributed by atoms with Crippen LogP contribution in [0.5, 0.6) is 0 Å². The number of fused-ring (bicyclic) bond motifs is 1. The van der Waals surface area contributed by atoms with E-state index in [2.05, 4.69) is 0 Å². The Balaban J connectivity index is 2.68. The Morgan fingerprint density at radius 1 is 1.29 bits per heavy atom.